The molecule has 1 heterocycles. The summed E-state index contributed by atoms with van der Waals surface area (Å²) >= 11 is 0. The van der Waals surface area contributed by atoms with Crippen LogP contribution in [0.5, 0.6) is 0 Å². The summed E-state index contributed by atoms with van der Waals surface area (Å²) in [6.07, 6.45) is 4.93. The third-order valence-corrected chi connectivity index (χ3v) is 2.80. The minimum atomic E-state index is 0.111. The van der Waals surface area contributed by atoms with E-state index in [0.29, 0.717) is 0 Å². The molecule has 2 amide bonds. The molecule has 0 bridgehead atoms. The van der Waals surface area contributed by atoms with Crippen LogP contribution in [0.2, 0.25) is 0 Å². The first-order chi connectivity index (χ1) is 6.86. The summed E-state index contributed by atoms with van der Waals surface area (Å²) in [4.78, 5) is 13.4. The van der Waals surface area contributed by atoms with Gasteiger partial charge in [0.05, 0.1) is 0 Å². The van der Waals surface area contributed by atoms with Gasteiger partial charge in [-0.3, -0.25) is 0 Å². The fraction of sp³-hybridized carbons (Fsp3) is 0.900. The molecule has 2 rings (SSSR count). The molecule has 1 aliphatic carbocycles. The molecule has 0 atom stereocenters. The van der Waals surface area contributed by atoms with E-state index in [1.54, 1.807) is 0 Å². The van der Waals surface area contributed by atoms with Crippen LogP contribution < -0.4 is 10.6 Å². The number of carbonyl (C=O) groups is 1. The molecule has 0 aromatic carbocycles. The average Bonchev–Trinajstić information content (AvgIpc) is 2.84. The number of nitrogens with zero attached hydrogens (tertiary/aromatic N) is 1. The maximum atomic E-state index is 11.5. The maximum absolute atomic E-state index is 11.5. The minimum Gasteiger partial charge on any atom is -0.337 e. The molecule has 1 saturated heterocycles. The lowest BCUT2D eigenvalue weighted by Gasteiger charge is -2.16. The van der Waals surface area contributed by atoms with Crippen LogP contribution in [-0.4, -0.2) is 43.2 Å². The van der Waals surface area contributed by atoms with Crippen molar-refractivity contribution in [1.29, 1.82) is 0 Å². The molecule has 4 nitrogen and oxygen atoms in total. The van der Waals surface area contributed by atoms with Crippen LogP contribution in [0.25, 0.3) is 0 Å². The third kappa shape index (κ3) is 2.87. The van der Waals surface area contributed by atoms with E-state index < -0.39 is 0 Å². The normalized spacial score (nSPS) is 21.3. The molecule has 2 fully saturated rings. The van der Waals surface area contributed by atoms with Gasteiger partial charge in [0.1, 0.15) is 0 Å². The van der Waals surface area contributed by atoms with Crippen molar-refractivity contribution in [2.24, 2.45) is 0 Å². The van der Waals surface area contributed by atoms with Gasteiger partial charge >= 0.3 is 6.03 Å². The van der Waals surface area contributed by atoms with Crippen molar-refractivity contribution in [3.63, 3.8) is 0 Å². The van der Waals surface area contributed by atoms with Gasteiger partial charge in [0, 0.05) is 32.2 Å². The van der Waals surface area contributed by atoms with E-state index in [0.717, 1.165) is 45.1 Å². The van der Waals surface area contributed by atoms with Crippen LogP contribution in [0, 0.1) is 0 Å². The Morgan fingerprint density at radius 2 is 1.93 bits per heavy atom. The van der Waals surface area contributed by atoms with Gasteiger partial charge in [-0.25, -0.2) is 4.79 Å². The largest absolute Gasteiger partial charge is 0.337 e. The number of rotatable bonds is 4. The Morgan fingerprint density at radius 3 is 2.57 bits per heavy atom. The Kier molecular flexibility index (Phi) is 3.24. The number of nitrogens with one attached hydrogen (secondary N) is 2. The molecule has 2 N–H and O–H groups in total. The van der Waals surface area contributed by atoms with E-state index in [1.807, 2.05) is 4.90 Å². The number of urea groups is 1. The van der Waals surface area contributed by atoms with Gasteiger partial charge in [-0.15, -0.1) is 0 Å². The van der Waals surface area contributed by atoms with Gasteiger partial charge in [-0.2, -0.15) is 0 Å². The number of hydrogen-bond donors (Lipinski definition) is 2. The molecule has 1 aliphatic heterocycles. The summed E-state index contributed by atoms with van der Waals surface area (Å²) in [5.41, 5.74) is 0. The van der Waals surface area contributed by atoms with E-state index in [9.17, 15) is 4.79 Å². The highest BCUT2D eigenvalue weighted by Gasteiger charge is 2.20. The highest BCUT2D eigenvalue weighted by molar-refractivity contribution is 5.74. The zero-order valence-corrected chi connectivity index (χ0v) is 8.59. The quantitative estimate of drug-likeness (QED) is 0.646. The predicted molar refractivity (Wildman–Crippen MR) is 55.2 cm³/mol. The number of amides is 2. The van der Waals surface area contributed by atoms with Crippen LogP contribution in [0.1, 0.15) is 25.7 Å². The number of likely N-dealkylation sites (tertiary alicyclic amines) is 1. The molecule has 1 saturated carbocycles. The zero-order valence-electron chi connectivity index (χ0n) is 8.59. The van der Waals surface area contributed by atoms with Gasteiger partial charge in [-0.05, 0) is 25.7 Å². The monoisotopic (exact) mass is 197 g/mol. The second-order valence-corrected chi connectivity index (χ2v) is 4.15. The van der Waals surface area contributed by atoms with Gasteiger partial charge < -0.3 is 15.5 Å². The van der Waals surface area contributed by atoms with Crippen molar-refractivity contribution in [2.45, 2.75) is 31.7 Å². The van der Waals surface area contributed by atoms with Crippen molar-refractivity contribution in [3.8, 4) is 0 Å². The summed E-state index contributed by atoms with van der Waals surface area (Å²) < 4.78 is 0. The molecule has 0 unspecified atom stereocenters. The van der Waals surface area contributed by atoms with Crippen molar-refractivity contribution >= 4 is 6.03 Å². The van der Waals surface area contributed by atoms with E-state index in [-0.39, 0.29) is 6.03 Å². The van der Waals surface area contributed by atoms with Gasteiger partial charge in [0.2, 0.25) is 0 Å². The molecule has 4 heteroatoms. The standard InChI is InChI=1S/C10H19N3O/c14-10(13-7-1-2-8-13)12-6-5-11-9-3-4-9/h9,11H,1-8H2,(H,12,14). The molecule has 0 aromatic rings. The van der Waals surface area contributed by atoms with E-state index in [4.69, 9.17) is 0 Å². The molecule has 2 aliphatic rings. The summed E-state index contributed by atoms with van der Waals surface area (Å²) in [6.45, 7) is 3.53. The van der Waals surface area contributed by atoms with Crippen molar-refractivity contribution < 1.29 is 4.79 Å². The Hall–Kier alpha value is -0.770. The summed E-state index contributed by atoms with van der Waals surface area (Å²) in [5, 5.41) is 6.30. The molecule has 80 valence electrons. The Morgan fingerprint density at radius 1 is 1.21 bits per heavy atom. The van der Waals surface area contributed by atoms with Crippen LogP contribution >= 0.6 is 0 Å². The molecule has 0 radical (unpaired) electrons. The summed E-state index contributed by atoms with van der Waals surface area (Å²) in [5.74, 6) is 0. The lowest BCUT2D eigenvalue weighted by molar-refractivity contribution is 0.209. The van der Waals surface area contributed by atoms with Crippen molar-refractivity contribution in [2.75, 3.05) is 26.2 Å². The molecular formula is C10H19N3O. The first kappa shape index (κ1) is 9.77. The number of carbonyl (C=O) groups excluding carboxylic acids is 1. The van der Waals surface area contributed by atoms with Crippen LogP contribution in [-0.2, 0) is 0 Å². The second kappa shape index (κ2) is 4.64. The van der Waals surface area contributed by atoms with E-state index in [2.05, 4.69) is 10.6 Å². The lowest BCUT2D eigenvalue weighted by atomic mass is 10.4. The first-order valence-electron chi connectivity index (χ1n) is 5.62. The van der Waals surface area contributed by atoms with Crippen molar-refractivity contribution in [1.82, 2.24) is 15.5 Å². The molecule has 0 spiro atoms. The van der Waals surface area contributed by atoms with Gasteiger partial charge in [-0.1, -0.05) is 0 Å². The van der Waals surface area contributed by atoms with E-state index in [1.165, 1.54) is 12.8 Å². The summed E-state index contributed by atoms with van der Waals surface area (Å²) in [6, 6.07) is 0.846. The molecule has 14 heavy (non-hydrogen) atoms. The zero-order chi connectivity index (χ0) is 9.80. The Balaban J connectivity index is 1.52. The highest BCUT2D eigenvalue weighted by Crippen LogP contribution is 2.17. The van der Waals surface area contributed by atoms with Crippen LogP contribution in [0.15, 0.2) is 0 Å². The fourth-order valence-corrected chi connectivity index (χ4v) is 1.77. The van der Waals surface area contributed by atoms with Crippen LogP contribution in [0.4, 0.5) is 4.79 Å². The highest BCUT2D eigenvalue weighted by atomic mass is 16.2. The third-order valence-electron chi connectivity index (χ3n) is 2.80. The topological polar surface area (TPSA) is 44.4 Å². The first-order valence-corrected chi connectivity index (χ1v) is 5.62. The second-order valence-electron chi connectivity index (χ2n) is 4.15. The van der Waals surface area contributed by atoms with Crippen LogP contribution in [0.3, 0.4) is 0 Å². The van der Waals surface area contributed by atoms with Crippen molar-refractivity contribution in [3.05, 3.63) is 0 Å². The lowest BCUT2D eigenvalue weighted by Crippen LogP contribution is -2.41. The van der Waals surface area contributed by atoms with Gasteiger partial charge in [0.25, 0.3) is 0 Å². The Labute approximate surface area is 85.0 Å². The Bertz CT molecular complexity index is 198. The summed E-state index contributed by atoms with van der Waals surface area (Å²) in [7, 11) is 0. The average molecular weight is 197 g/mol. The minimum absolute atomic E-state index is 0.111. The molecular weight excluding hydrogens is 178 g/mol. The maximum Gasteiger partial charge on any atom is 0.317 e. The van der Waals surface area contributed by atoms with Gasteiger partial charge in [0.15, 0.2) is 0 Å². The molecule has 0 aromatic heterocycles. The number of hydrogen-bond acceptors (Lipinski definition) is 2. The van der Waals surface area contributed by atoms with E-state index >= 15 is 0 Å². The smallest absolute Gasteiger partial charge is 0.317 e. The SMILES string of the molecule is O=C(NCCNC1CC1)N1CCCC1. The fourth-order valence-electron chi connectivity index (χ4n) is 1.77. The predicted octanol–water partition coefficient (Wildman–Crippen LogP) is 0.544.